The third-order valence-electron chi connectivity index (χ3n) is 2.85. The monoisotopic (exact) mass is 283 g/mol. The lowest BCUT2D eigenvalue weighted by atomic mass is 9.97. The number of hydrogen-bond donors (Lipinski definition) is 2. The van der Waals surface area contributed by atoms with E-state index in [2.05, 4.69) is 5.32 Å². The second-order valence-electron chi connectivity index (χ2n) is 5.17. The van der Waals surface area contributed by atoms with Crippen LogP contribution >= 0.6 is 11.6 Å². The fourth-order valence-corrected chi connectivity index (χ4v) is 1.89. The van der Waals surface area contributed by atoms with Crippen molar-refractivity contribution < 1.29 is 14.7 Å². The maximum absolute atomic E-state index is 12.1. The van der Waals surface area contributed by atoms with Crippen LogP contribution in [-0.4, -0.2) is 22.5 Å². The second-order valence-corrected chi connectivity index (χ2v) is 5.55. The van der Waals surface area contributed by atoms with E-state index in [-0.39, 0.29) is 12.3 Å². The first kappa shape index (κ1) is 15.5. The van der Waals surface area contributed by atoms with Gasteiger partial charge >= 0.3 is 5.97 Å². The number of carbonyl (C=O) groups excluding carboxylic acids is 1. The Morgan fingerprint density at radius 3 is 2.58 bits per heavy atom. The van der Waals surface area contributed by atoms with E-state index in [4.69, 9.17) is 16.7 Å². The minimum absolute atomic E-state index is 0.00876. The van der Waals surface area contributed by atoms with Crippen molar-refractivity contribution in [3.8, 4) is 0 Å². The molecule has 0 atom stereocenters. The Labute approximate surface area is 117 Å². The second kappa shape index (κ2) is 6.06. The van der Waals surface area contributed by atoms with Crippen LogP contribution in [-0.2, 0) is 4.79 Å². The molecule has 0 aromatic heterocycles. The van der Waals surface area contributed by atoms with Crippen molar-refractivity contribution in [2.75, 3.05) is 0 Å². The maximum Gasteiger partial charge on any atom is 0.303 e. The zero-order chi connectivity index (χ0) is 14.6. The lowest BCUT2D eigenvalue weighted by molar-refractivity contribution is -0.137. The van der Waals surface area contributed by atoms with Gasteiger partial charge in [-0.3, -0.25) is 9.59 Å². The van der Waals surface area contributed by atoms with Crippen LogP contribution in [0.3, 0.4) is 0 Å². The molecule has 0 fully saturated rings. The Hall–Kier alpha value is -1.55. The average Bonchev–Trinajstić information content (AvgIpc) is 2.29. The van der Waals surface area contributed by atoms with Crippen LogP contribution in [0.5, 0.6) is 0 Å². The highest BCUT2D eigenvalue weighted by atomic mass is 35.5. The number of halogens is 1. The van der Waals surface area contributed by atoms with E-state index in [1.54, 1.807) is 26.0 Å². The molecule has 0 bridgehead atoms. The summed E-state index contributed by atoms with van der Waals surface area (Å²) in [5.74, 6) is -1.17. The van der Waals surface area contributed by atoms with Gasteiger partial charge in [0.2, 0.25) is 0 Å². The molecule has 0 heterocycles. The molecule has 1 aromatic carbocycles. The number of carboxylic acid groups (broad SMARTS) is 1. The molecule has 19 heavy (non-hydrogen) atoms. The molecule has 0 radical (unpaired) electrons. The van der Waals surface area contributed by atoms with Crippen LogP contribution in [0.15, 0.2) is 18.2 Å². The first-order valence-electron chi connectivity index (χ1n) is 6.02. The van der Waals surface area contributed by atoms with Crippen molar-refractivity contribution in [1.82, 2.24) is 5.32 Å². The predicted molar refractivity (Wildman–Crippen MR) is 74.6 cm³/mol. The molecule has 2 N–H and O–H groups in total. The quantitative estimate of drug-likeness (QED) is 0.873. The summed E-state index contributed by atoms with van der Waals surface area (Å²) < 4.78 is 0. The molecule has 0 spiro atoms. The smallest absolute Gasteiger partial charge is 0.303 e. The van der Waals surface area contributed by atoms with Gasteiger partial charge in [-0.1, -0.05) is 23.7 Å². The highest BCUT2D eigenvalue weighted by Gasteiger charge is 2.23. The van der Waals surface area contributed by atoms with E-state index in [1.165, 1.54) is 0 Å². The molecule has 1 amide bonds. The summed E-state index contributed by atoms with van der Waals surface area (Å²) in [5.41, 5.74) is 0.644. The largest absolute Gasteiger partial charge is 0.481 e. The highest BCUT2D eigenvalue weighted by molar-refractivity contribution is 6.34. The third kappa shape index (κ3) is 4.56. The lowest BCUT2D eigenvalue weighted by Gasteiger charge is -2.26. The molecular weight excluding hydrogens is 266 g/mol. The fraction of sp³-hybridized carbons (Fsp3) is 0.429. The van der Waals surface area contributed by atoms with Crippen molar-refractivity contribution in [1.29, 1.82) is 0 Å². The van der Waals surface area contributed by atoms with Crippen molar-refractivity contribution >= 4 is 23.5 Å². The molecular formula is C14H18ClNO3. The minimum Gasteiger partial charge on any atom is -0.481 e. The number of carbonyl (C=O) groups is 2. The lowest BCUT2D eigenvalue weighted by Crippen LogP contribution is -2.43. The average molecular weight is 284 g/mol. The van der Waals surface area contributed by atoms with Gasteiger partial charge in [0.15, 0.2) is 0 Å². The Balaban J connectivity index is 2.79. The SMILES string of the molecule is Cc1cccc(C(=O)NC(C)(C)CCC(=O)O)c1Cl. The van der Waals surface area contributed by atoms with Crippen LogP contribution in [0, 0.1) is 6.92 Å². The van der Waals surface area contributed by atoms with Gasteiger partial charge in [0.1, 0.15) is 0 Å². The van der Waals surface area contributed by atoms with E-state index in [0.717, 1.165) is 5.56 Å². The predicted octanol–water partition coefficient (Wildman–Crippen LogP) is 3.02. The van der Waals surface area contributed by atoms with Gasteiger partial charge in [-0.05, 0) is 38.8 Å². The summed E-state index contributed by atoms with van der Waals surface area (Å²) >= 11 is 6.09. The van der Waals surface area contributed by atoms with Gasteiger partial charge in [0.25, 0.3) is 5.91 Å². The summed E-state index contributed by atoms with van der Waals surface area (Å²) in [6, 6.07) is 5.24. The molecule has 0 unspecified atom stereocenters. The van der Waals surface area contributed by atoms with E-state index < -0.39 is 11.5 Å². The molecule has 0 saturated heterocycles. The number of rotatable bonds is 5. The van der Waals surface area contributed by atoms with Gasteiger partial charge in [-0.2, -0.15) is 0 Å². The molecule has 104 valence electrons. The van der Waals surface area contributed by atoms with Crippen LogP contribution in [0.1, 0.15) is 42.6 Å². The number of aliphatic carboxylic acids is 1. The fourth-order valence-electron chi connectivity index (χ4n) is 1.68. The van der Waals surface area contributed by atoms with Crippen molar-refractivity contribution in [3.63, 3.8) is 0 Å². The van der Waals surface area contributed by atoms with Crippen LogP contribution in [0.2, 0.25) is 5.02 Å². The van der Waals surface area contributed by atoms with Crippen LogP contribution in [0.4, 0.5) is 0 Å². The Bertz CT molecular complexity index is 497. The summed E-state index contributed by atoms with van der Waals surface area (Å²) in [5, 5.41) is 11.9. The standard InChI is InChI=1S/C14H18ClNO3/c1-9-5-4-6-10(12(9)15)13(19)16-14(2,3)8-7-11(17)18/h4-6H,7-8H2,1-3H3,(H,16,19)(H,17,18). The highest BCUT2D eigenvalue weighted by Crippen LogP contribution is 2.21. The molecule has 0 aliphatic carbocycles. The van der Waals surface area contributed by atoms with E-state index in [9.17, 15) is 9.59 Å². The number of benzene rings is 1. The molecule has 1 aromatic rings. The number of nitrogens with one attached hydrogen (secondary N) is 1. The van der Waals surface area contributed by atoms with Gasteiger partial charge in [0.05, 0.1) is 10.6 Å². The maximum atomic E-state index is 12.1. The van der Waals surface area contributed by atoms with Gasteiger partial charge in [0, 0.05) is 12.0 Å². The number of hydrogen-bond acceptors (Lipinski definition) is 2. The summed E-state index contributed by atoms with van der Waals surface area (Å²) in [6.45, 7) is 5.41. The zero-order valence-corrected chi connectivity index (χ0v) is 12.0. The molecule has 4 nitrogen and oxygen atoms in total. The Morgan fingerprint density at radius 1 is 1.37 bits per heavy atom. The van der Waals surface area contributed by atoms with Crippen molar-refractivity contribution in [3.05, 3.63) is 34.3 Å². The molecule has 0 aliphatic heterocycles. The molecule has 0 saturated carbocycles. The number of carboxylic acids is 1. The van der Waals surface area contributed by atoms with Crippen molar-refractivity contribution in [2.45, 2.75) is 39.2 Å². The summed E-state index contributed by atoms with van der Waals surface area (Å²) in [7, 11) is 0. The first-order valence-corrected chi connectivity index (χ1v) is 6.40. The molecule has 5 heteroatoms. The van der Waals surface area contributed by atoms with Gasteiger partial charge < -0.3 is 10.4 Å². The minimum atomic E-state index is -0.879. The van der Waals surface area contributed by atoms with Gasteiger partial charge in [-0.25, -0.2) is 0 Å². The Kier molecular flexibility index (Phi) is 4.95. The van der Waals surface area contributed by atoms with E-state index in [0.29, 0.717) is 17.0 Å². The first-order chi connectivity index (χ1) is 8.73. The van der Waals surface area contributed by atoms with E-state index >= 15 is 0 Å². The molecule has 0 aliphatic rings. The van der Waals surface area contributed by atoms with Gasteiger partial charge in [-0.15, -0.1) is 0 Å². The van der Waals surface area contributed by atoms with Crippen molar-refractivity contribution in [2.24, 2.45) is 0 Å². The van der Waals surface area contributed by atoms with E-state index in [1.807, 2.05) is 13.0 Å². The third-order valence-corrected chi connectivity index (χ3v) is 3.35. The normalized spacial score (nSPS) is 11.2. The summed E-state index contributed by atoms with van der Waals surface area (Å²) in [4.78, 5) is 22.7. The Morgan fingerprint density at radius 2 is 2.00 bits per heavy atom. The zero-order valence-electron chi connectivity index (χ0n) is 11.3. The van der Waals surface area contributed by atoms with Crippen LogP contribution in [0.25, 0.3) is 0 Å². The van der Waals surface area contributed by atoms with Crippen LogP contribution < -0.4 is 5.32 Å². The topological polar surface area (TPSA) is 66.4 Å². The number of aryl methyl sites for hydroxylation is 1. The summed E-state index contributed by atoms with van der Waals surface area (Å²) in [6.07, 6.45) is 0.367. The molecule has 1 rings (SSSR count). The number of amides is 1.